The Balaban J connectivity index is 1.51. The standard InChI is InChI=1S/C24H32N2O3/c1-23(2,3)26-21(27)17-24(12-6-7-13-24)22(28)25-14-15-29-20-11-10-18-8-4-5-9-19(18)16-20/h4-5,8-11,16H,6-7,12-15,17H2,1-3H3,(H,25,28)(H,26,27). The summed E-state index contributed by atoms with van der Waals surface area (Å²) in [5.41, 5.74) is -0.876. The van der Waals surface area contributed by atoms with E-state index in [0.29, 0.717) is 13.2 Å². The molecule has 1 aliphatic carbocycles. The van der Waals surface area contributed by atoms with Gasteiger partial charge in [-0.3, -0.25) is 9.59 Å². The third-order valence-electron chi connectivity index (χ3n) is 5.43. The summed E-state index contributed by atoms with van der Waals surface area (Å²) in [4.78, 5) is 25.3. The molecule has 5 heteroatoms. The Morgan fingerprint density at radius 2 is 1.72 bits per heavy atom. The number of hydrogen-bond acceptors (Lipinski definition) is 3. The van der Waals surface area contributed by atoms with Gasteiger partial charge in [-0.2, -0.15) is 0 Å². The van der Waals surface area contributed by atoms with E-state index in [1.807, 2.05) is 51.1 Å². The first-order chi connectivity index (χ1) is 13.8. The van der Waals surface area contributed by atoms with Gasteiger partial charge in [0.1, 0.15) is 12.4 Å². The molecule has 1 aliphatic rings. The van der Waals surface area contributed by atoms with Gasteiger partial charge in [-0.15, -0.1) is 0 Å². The van der Waals surface area contributed by atoms with E-state index in [9.17, 15) is 9.59 Å². The van der Waals surface area contributed by atoms with Crippen LogP contribution in [-0.4, -0.2) is 30.5 Å². The molecule has 0 aliphatic heterocycles. The fourth-order valence-electron chi connectivity index (χ4n) is 4.08. The van der Waals surface area contributed by atoms with Crippen LogP contribution in [0.25, 0.3) is 10.8 Å². The van der Waals surface area contributed by atoms with Crippen molar-refractivity contribution < 1.29 is 14.3 Å². The lowest BCUT2D eigenvalue weighted by molar-refractivity contribution is -0.137. The largest absolute Gasteiger partial charge is 0.492 e. The molecule has 2 aromatic rings. The molecular formula is C24H32N2O3. The molecule has 2 amide bonds. The van der Waals surface area contributed by atoms with Gasteiger partial charge in [0.05, 0.1) is 12.0 Å². The lowest BCUT2D eigenvalue weighted by atomic mass is 9.81. The Kier molecular flexibility index (Phi) is 6.46. The van der Waals surface area contributed by atoms with Gasteiger partial charge in [-0.1, -0.05) is 43.2 Å². The van der Waals surface area contributed by atoms with Crippen LogP contribution >= 0.6 is 0 Å². The molecule has 0 aromatic heterocycles. The Bertz CT molecular complexity index is 864. The maximum Gasteiger partial charge on any atom is 0.226 e. The zero-order valence-corrected chi connectivity index (χ0v) is 17.7. The minimum absolute atomic E-state index is 0.0267. The first kappa shape index (κ1) is 21.2. The van der Waals surface area contributed by atoms with Crippen LogP contribution in [0.3, 0.4) is 0 Å². The normalized spacial score (nSPS) is 15.8. The highest BCUT2D eigenvalue weighted by atomic mass is 16.5. The molecule has 1 saturated carbocycles. The molecule has 2 N–H and O–H groups in total. The fraction of sp³-hybridized carbons (Fsp3) is 0.500. The summed E-state index contributed by atoms with van der Waals surface area (Å²) in [6.45, 7) is 6.69. The monoisotopic (exact) mass is 396 g/mol. The van der Waals surface area contributed by atoms with Gasteiger partial charge in [0.15, 0.2) is 0 Å². The predicted molar refractivity (Wildman–Crippen MR) is 116 cm³/mol. The van der Waals surface area contributed by atoms with Gasteiger partial charge >= 0.3 is 0 Å². The zero-order valence-electron chi connectivity index (χ0n) is 17.7. The van der Waals surface area contributed by atoms with E-state index >= 15 is 0 Å². The van der Waals surface area contributed by atoms with Crippen LogP contribution in [-0.2, 0) is 9.59 Å². The van der Waals surface area contributed by atoms with E-state index in [1.165, 1.54) is 5.39 Å². The van der Waals surface area contributed by atoms with Crippen molar-refractivity contribution in [2.45, 2.75) is 58.4 Å². The van der Waals surface area contributed by atoms with E-state index in [2.05, 4.69) is 22.8 Å². The number of rotatable bonds is 7. The fourth-order valence-corrected chi connectivity index (χ4v) is 4.08. The summed E-state index contributed by atoms with van der Waals surface area (Å²) in [5.74, 6) is 0.709. The van der Waals surface area contributed by atoms with Crippen molar-refractivity contribution in [2.24, 2.45) is 5.41 Å². The average Bonchev–Trinajstić information content (AvgIpc) is 3.13. The SMILES string of the molecule is CC(C)(C)NC(=O)CC1(C(=O)NCCOc2ccc3ccccc3c2)CCCC1. The summed E-state index contributed by atoms with van der Waals surface area (Å²) < 4.78 is 5.81. The second-order valence-electron chi connectivity index (χ2n) is 9.08. The molecule has 3 rings (SSSR count). The molecule has 0 unspecified atom stereocenters. The van der Waals surface area contributed by atoms with Crippen LogP contribution in [0.4, 0.5) is 0 Å². The van der Waals surface area contributed by atoms with Crippen molar-refractivity contribution in [3.63, 3.8) is 0 Å². The highest BCUT2D eigenvalue weighted by molar-refractivity contribution is 5.89. The van der Waals surface area contributed by atoms with Crippen molar-refractivity contribution >= 4 is 22.6 Å². The second-order valence-corrected chi connectivity index (χ2v) is 9.08. The van der Waals surface area contributed by atoms with Crippen LogP contribution in [0.15, 0.2) is 42.5 Å². The first-order valence-electron chi connectivity index (χ1n) is 10.5. The minimum Gasteiger partial charge on any atom is -0.492 e. The highest BCUT2D eigenvalue weighted by Gasteiger charge is 2.43. The van der Waals surface area contributed by atoms with E-state index in [0.717, 1.165) is 36.8 Å². The molecule has 0 bridgehead atoms. The van der Waals surface area contributed by atoms with Gasteiger partial charge in [-0.05, 0) is 56.5 Å². The number of amides is 2. The molecule has 0 atom stereocenters. The van der Waals surface area contributed by atoms with Crippen LogP contribution in [0, 0.1) is 5.41 Å². The summed E-state index contributed by atoms with van der Waals surface area (Å²) in [6.07, 6.45) is 3.76. The number of fused-ring (bicyclic) bond motifs is 1. The van der Waals surface area contributed by atoms with Crippen molar-refractivity contribution in [1.29, 1.82) is 0 Å². The molecular weight excluding hydrogens is 364 g/mol. The zero-order chi connectivity index (χ0) is 20.9. The summed E-state index contributed by atoms with van der Waals surface area (Å²) >= 11 is 0. The maximum atomic E-state index is 12.9. The third-order valence-corrected chi connectivity index (χ3v) is 5.43. The first-order valence-corrected chi connectivity index (χ1v) is 10.5. The lowest BCUT2D eigenvalue weighted by Gasteiger charge is -2.29. The minimum atomic E-state index is -0.585. The van der Waals surface area contributed by atoms with Crippen LogP contribution in [0.5, 0.6) is 5.75 Å². The number of benzene rings is 2. The second kappa shape index (κ2) is 8.85. The van der Waals surface area contributed by atoms with E-state index in [4.69, 9.17) is 4.74 Å². The van der Waals surface area contributed by atoms with Crippen molar-refractivity contribution in [2.75, 3.05) is 13.2 Å². The molecule has 156 valence electrons. The molecule has 0 saturated heterocycles. The van der Waals surface area contributed by atoms with Gasteiger partial charge in [0.25, 0.3) is 0 Å². The molecule has 2 aromatic carbocycles. The highest BCUT2D eigenvalue weighted by Crippen LogP contribution is 2.41. The Labute approximate surface area is 173 Å². The molecule has 29 heavy (non-hydrogen) atoms. The number of carbonyl (C=O) groups is 2. The Morgan fingerprint density at radius 3 is 2.41 bits per heavy atom. The predicted octanol–water partition coefficient (Wildman–Crippen LogP) is 4.20. The molecule has 0 heterocycles. The van der Waals surface area contributed by atoms with Gasteiger partial charge in [-0.25, -0.2) is 0 Å². The van der Waals surface area contributed by atoms with Gasteiger partial charge in [0, 0.05) is 12.0 Å². The summed E-state index contributed by atoms with van der Waals surface area (Å²) in [5, 5.41) is 8.28. The molecule has 0 radical (unpaired) electrons. The van der Waals surface area contributed by atoms with E-state index in [1.54, 1.807) is 0 Å². The number of ether oxygens (including phenoxy) is 1. The van der Waals surface area contributed by atoms with Gasteiger partial charge in [0.2, 0.25) is 11.8 Å². The van der Waals surface area contributed by atoms with Crippen molar-refractivity contribution in [1.82, 2.24) is 10.6 Å². The molecule has 5 nitrogen and oxygen atoms in total. The van der Waals surface area contributed by atoms with Crippen LogP contribution < -0.4 is 15.4 Å². The quantitative estimate of drug-likeness (QED) is 0.689. The van der Waals surface area contributed by atoms with Crippen molar-refractivity contribution in [3.8, 4) is 5.75 Å². The molecule has 1 fully saturated rings. The van der Waals surface area contributed by atoms with Crippen LogP contribution in [0.2, 0.25) is 0 Å². The molecule has 0 spiro atoms. The summed E-state index contributed by atoms with van der Waals surface area (Å²) in [6, 6.07) is 14.1. The van der Waals surface area contributed by atoms with E-state index < -0.39 is 5.41 Å². The average molecular weight is 397 g/mol. The van der Waals surface area contributed by atoms with Crippen LogP contribution in [0.1, 0.15) is 52.9 Å². The number of carbonyl (C=O) groups excluding carboxylic acids is 2. The maximum absolute atomic E-state index is 12.9. The van der Waals surface area contributed by atoms with Gasteiger partial charge < -0.3 is 15.4 Å². The third kappa shape index (κ3) is 5.72. The lowest BCUT2D eigenvalue weighted by Crippen LogP contribution is -2.47. The summed E-state index contributed by atoms with van der Waals surface area (Å²) in [7, 11) is 0. The van der Waals surface area contributed by atoms with Crippen molar-refractivity contribution in [3.05, 3.63) is 42.5 Å². The number of hydrogen-bond donors (Lipinski definition) is 2. The van der Waals surface area contributed by atoms with E-state index in [-0.39, 0.29) is 23.8 Å². The smallest absolute Gasteiger partial charge is 0.226 e. The Morgan fingerprint density at radius 1 is 1.03 bits per heavy atom. The Hall–Kier alpha value is -2.56. The number of nitrogens with one attached hydrogen (secondary N) is 2. The topological polar surface area (TPSA) is 67.4 Å².